The summed E-state index contributed by atoms with van der Waals surface area (Å²) in [5.41, 5.74) is 3.16. The van der Waals surface area contributed by atoms with Gasteiger partial charge in [-0.2, -0.15) is 12.8 Å². The standard InChI is InChI=1S/C22H26FN5O3S/c1-15-5-6-16(2)17(11-15)12-22-25-21(14-29)26-28(22)20-8-7-18(13-19(20)23)32(30,31)24-9-10-27(3)4/h5-9,11,13,29H,10,12,14H2,1-4H3/b24-9+. The Morgan fingerprint density at radius 3 is 2.59 bits per heavy atom. The van der Waals surface area contributed by atoms with Crippen LogP contribution in [0.25, 0.3) is 5.69 Å². The lowest BCUT2D eigenvalue weighted by Gasteiger charge is -2.10. The highest BCUT2D eigenvalue weighted by Gasteiger charge is 2.19. The number of hydrogen-bond donors (Lipinski definition) is 1. The molecule has 1 N–H and O–H groups in total. The number of hydrogen-bond acceptors (Lipinski definition) is 6. The van der Waals surface area contributed by atoms with E-state index in [4.69, 9.17) is 0 Å². The molecule has 0 saturated carbocycles. The Labute approximate surface area is 187 Å². The van der Waals surface area contributed by atoms with Gasteiger partial charge in [0.2, 0.25) is 0 Å². The van der Waals surface area contributed by atoms with Crippen molar-refractivity contribution >= 4 is 16.2 Å². The number of rotatable bonds is 8. The number of benzene rings is 2. The summed E-state index contributed by atoms with van der Waals surface area (Å²) >= 11 is 0. The highest BCUT2D eigenvalue weighted by atomic mass is 32.2. The summed E-state index contributed by atoms with van der Waals surface area (Å²) in [6.07, 6.45) is 1.63. The quantitative estimate of drug-likeness (QED) is 0.519. The van der Waals surface area contributed by atoms with Crippen LogP contribution in [0.2, 0.25) is 0 Å². The minimum absolute atomic E-state index is 0.0359. The van der Waals surface area contributed by atoms with Gasteiger partial charge in [-0.3, -0.25) is 0 Å². The molecule has 0 unspecified atom stereocenters. The topological polar surface area (TPSA) is 101 Å². The fourth-order valence-electron chi connectivity index (χ4n) is 3.10. The number of sulfonamides is 1. The SMILES string of the molecule is Cc1ccc(C)c(Cc2nc(CO)nn2-c2ccc(S(=O)(=O)/N=C/CN(C)C)cc2F)c1. The zero-order chi connectivity index (χ0) is 23.5. The van der Waals surface area contributed by atoms with Crippen molar-refractivity contribution in [3.05, 3.63) is 70.6 Å². The van der Waals surface area contributed by atoms with Gasteiger partial charge in [0, 0.05) is 19.2 Å². The molecule has 8 nitrogen and oxygen atoms in total. The van der Waals surface area contributed by atoms with Gasteiger partial charge < -0.3 is 10.0 Å². The molecule has 10 heteroatoms. The van der Waals surface area contributed by atoms with E-state index in [0.29, 0.717) is 18.8 Å². The molecule has 2 aromatic carbocycles. The summed E-state index contributed by atoms with van der Waals surface area (Å²) in [4.78, 5) is 5.83. The molecule has 0 spiro atoms. The molecule has 3 aromatic rings. The van der Waals surface area contributed by atoms with E-state index in [9.17, 15) is 13.5 Å². The molecule has 170 valence electrons. The molecule has 0 aliphatic heterocycles. The van der Waals surface area contributed by atoms with E-state index in [1.165, 1.54) is 23.0 Å². The Morgan fingerprint density at radius 2 is 1.94 bits per heavy atom. The van der Waals surface area contributed by atoms with Crippen LogP contribution in [0.1, 0.15) is 28.3 Å². The predicted molar refractivity (Wildman–Crippen MR) is 120 cm³/mol. The molecule has 3 rings (SSSR count). The summed E-state index contributed by atoms with van der Waals surface area (Å²) < 4.78 is 44.7. The number of aliphatic hydroxyl groups excluding tert-OH is 1. The minimum Gasteiger partial charge on any atom is -0.388 e. The van der Waals surface area contributed by atoms with E-state index >= 15 is 4.39 Å². The van der Waals surface area contributed by atoms with Crippen LogP contribution < -0.4 is 0 Å². The van der Waals surface area contributed by atoms with E-state index in [0.717, 1.165) is 22.8 Å². The van der Waals surface area contributed by atoms with Gasteiger partial charge in [0.05, 0.1) is 4.90 Å². The van der Waals surface area contributed by atoms with Crippen molar-refractivity contribution in [3.8, 4) is 5.69 Å². The van der Waals surface area contributed by atoms with Crippen LogP contribution in [0.5, 0.6) is 0 Å². The highest BCUT2D eigenvalue weighted by Crippen LogP contribution is 2.22. The van der Waals surface area contributed by atoms with Gasteiger partial charge >= 0.3 is 0 Å². The molecule has 0 atom stereocenters. The minimum atomic E-state index is -4.03. The number of aromatic nitrogens is 3. The first-order valence-corrected chi connectivity index (χ1v) is 11.4. The lowest BCUT2D eigenvalue weighted by molar-refractivity contribution is 0.271. The van der Waals surface area contributed by atoms with Gasteiger partial charge in [-0.1, -0.05) is 23.8 Å². The first kappa shape index (κ1) is 23.7. The van der Waals surface area contributed by atoms with Crippen molar-refractivity contribution in [2.75, 3.05) is 20.6 Å². The molecule has 32 heavy (non-hydrogen) atoms. The molecule has 1 aromatic heterocycles. The Balaban J connectivity index is 1.99. The van der Waals surface area contributed by atoms with Gasteiger partial charge in [0.1, 0.15) is 23.9 Å². The van der Waals surface area contributed by atoms with Crippen LogP contribution in [-0.4, -0.2) is 60.0 Å². The number of halogens is 1. The van der Waals surface area contributed by atoms with Gasteiger partial charge in [-0.15, -0.1) is 5.10 Å². The van der Waals surface area contributed by atoms with Gasteiger partial charge in [-0.25, -0.2) is 14.1 Å². The van der Waals surface area contributed by atoms with Gasteiger partial charge in [-0.05, 0) is 57.3 Å². The fraction of sp³-hybridized carbons (Fsp3) is 0.318. The van der Waals surface area contributed by atoms with E-state index < -0.39 is 22.4 Å². The Kier molecular flexibility index (Phi) is 7.17. The van der Waals surface area contributed by atoms with Crippen molar-refractivity contribution in [3.63, 3.8) is 0 Å². The number of nitrogens with zero attached hydrogens (tertiary/aromatic N) is 5. The zero-order valence-electron chi connectivity index (χ0n) is 18.4. The van der Waals surface area contributed by atoms with Crippen LogP contribution in [0.4, 0.5) is 4.39 Å². The molecule has 0 bridgehead atoms. The molecular formula is C22H26FN5O3S. The maximum absolute atomic E-state index is 15.0. The highest BCUT2D eigenvalue weighted by molar-refractivity contribution is 7.90. The summed E-state index contributed by atoms with van der Waals surface area (Å²) in [5, 5.41) is 13.7. The maximum Gasteiger partial charge on any atom is 0.282 e. The molecular weight excluding hydrogens is 433 g/mol. The first-order valence-electron chi connectivity index (χ1n) is 9.96. The first-order chi connectivity index (χ1) is 15.1. The lowest BCUT2D eigenvalue weighted by atomic mass is 10.0. The Morgan fingerprint density at radius 1 is 1.19 bits per heavy atom. The van der Waals surface area contributed by atoms with Gasteiger partial charge in [0.15, 0.2) is 5.82 Å². The number of aliphatic hydroxyl groups is 1. The Bertz CT molecular complexity index is 1250. The van der Waals surface area contributed by atoms with Crippen LogP contribution in [0.15, 0.2) is 45.7 Å². The van der Waals surface area contributed by atoms with E-state index in [1.807, 2.05) is 32.0 Å². The molecule has 0 radical (unpaired) electrons. The van der Waals surface area contributed by atoms with E-state index in [-0.39, 0.29) is 16.4 Å². The van der Waals surface area contributed by atoms with Crippen molar-refractivity contribution in [2.45, 2.75) is 31.8 Å². The largest absolute Gasteiger partial charge is 0.388 e. The van der Waals surface area contributed by atoms with Crippen LogP contribution in [-0.2, 0) is 23.1 Å². The molecule has 0 aliphatic carbocycles. The molecule has 0 amide bonds. The summed E-state index contributed by atoms with van der Waals surface area (Å²) in [6.45, 7) is 3.89. The summed E-state index contributed by atoms with van der Waals surface area (Å²) in [5.74, 6) is -0.207. The average Bonchev–Trinajstić information content (AvgIpc) is 3.13. The third kappa shape index (κ3) is 5.45. The summed E-state index contributed by atoms with van der Waals surface area (Å²) in [7, 11) is -0.469. The number of aryl methyl sites for hydroxylation is 2. The second kappa shape index (κ2) is 9.68. The molecule has 0 saturated heterocycles. The Hall–Kier alpha value is -2.95. The van der Waals surface area contributed by atoms with Crippen LogP contribution in [0, 0.1) is 19.7 Å². The molecule has 1 heterocycles. The average molecular weight is 460 g/mol. The van der Waals surface area contributed by atoms with Gasteiger partial charge in [0.25, 0.3) is 10.0 Å². The smallest absolute Gasteiger partial charge is 0.282 e. The maximum atomic E-state index is 15.0. The van der Waals surface area contributed by atoms with Crippen LogP contribution in [0.3, 0.4) is 0 Å². The molecule has 0 aliphatic rings. The second-order valence-electron chi connectivity index (χ2n) is 7.76. The third-order valence-corrected chi connectivity index (χ3v) is 6.09. The van der Waals surface area contributed by atoms with E-state index in [1.54, 1.807) is 19.0 Å². The second-order valence-corrected chi connectivity index (χ2v) is 9.39. The summed E-state index contributed by atoms with van der Waals surface area (Å²) in [6, 6.07) is 9.54. The van der Waals surface area contributed by atoms with Crippen molar-refractivity contribution in [2.24, 2.45) is 4.40 Å². The third-order valence-electron chi connectivity index (χ3n) is 4.82. The lowest BCUT2D eigenvalue weighted by Crippen LogP contribution is -2.14. The fourth-order valence-corrected chi connectivity index (χ4v) is 3.98. The van der Waals surface area contributed by atoms with Crippen LogP contribution >= 0.6 is 0 Å². The zero-order valence-corrected chi connectivity index (χ0v) is 19.3. The van der Waals surface area contributed by atoms with E-state index in [2.05, 4.69) is 14.5 Å². The normalized spacial score (nSPS) is 12.2. The van der Waals surface area contributed by atoms with Crippen molar-refractivity contribution < 1.29 is 17.9 Å². The van der Waals surface area contributed by atoms with Crippen molar-refractivity contribution in [1.82, 2.24) is 19.7 Å². The predicted octanol–water partition coefficient (Wildman–Crippen LogP) is 2.43. The monoisotopic (exact) mass is 459 g/mol. The van der Waals surface area contributed by atoms with Crippen molar-refractivity contribution in [1.29, 1.82) is 0 Å². The molecule has 0 fully saturated rings.